The topological polar surface area (TPSA) is 37.4 Å². The van der Waals surface area contributed by atoms with Crippen LogP contribution >= 0.6 is 0 Å². The molecule has 1 aliphatic heterocycles. The molecule has 1 aromatic carbocycles. The van der Waals surface area contributed by atoms with Crippen molar-refractivity contribution in [3.8, 4) is 5.88 Å². The number of aromatic nitrogens is 1. The van der Waals surface area contributed by atoms with E-state index in [1.54, 1.807) is 7.11 Å². The molecule has 0 radical (unpaired) electrons. The van der Waals surface area contributed by atoms with E-state index in [-0.39, 0.29) is 0 Å². The number of hydrogen-bond donors (Lipinski definition) is 1. The lowest BCUT2D eigenvalue weighted by molar-refractivity contribution is 0.193. The van der Waals surface area contributed by atoms with Gasteiger partial charge in [0.15, 0.2) is 0 Å². The average molecular weight is 283 g/mol. The van der Waals surface area contributed by atoms with Gasteiger partial charge in [0.1, 0.15) is 0 Å². The number of hydrogen-bond acceptors (Lipinski definition) is 4. The number of pyridine rings is 1. The van der Waals surface area contributed by atoms with Crippen molar-refractivity contribution in [1.82, 2.24) is 15.2 Å². The summed E-state index contributed by atoms with van der Waals surface area (Å²) in [6, 6.07) is 15.1. The minimum Gasteiger partial charge on any atom is -0.481 e. The molecule has 21 heavy (non-hydrogen) atoms. The quantitative estimate of drug-likeness (QED) is 0.934. The summed E-state index contributed by atoms with van der Waals surface area (Å²) in [4.78, 5) is 6.64. The van der Waals surface area contributed by atoms with Crippen molar-refractivity contribution in [1.29, 1.82) is 0 Å². The highest BCUT2D eigenvalue weighted by molar-refractivity contribution is 5.22. The Kier molecular flexibility index (Phi) is 4.48. The van der Waals surface area contributed by atoms with Crippen LogP contribution in [0.25, 0.3) is 0 Å². The lowest BCUT2D eigenvalue weighted by Crippen LogP contribution is -2.45. The van der Waals surface area contributed by atoms with E-state index in [9.17, 15) is 0 Å². The second-order valence-electron chi connectivity index (χ2n) is 5.36. The van der Waals surface area contributed by atoms with E-state index < -0.39 is 0 Å². The molecule has 4 nitrogen and oxygen atoms in total. The molecular weight excluding hydrogens is 262 g/mol. The monoisotopic (exact) mass is 283 g/mol. The molecule has 0 bridgehead atoms. The minimum atomic E-state index is 0.406. The third-order valence-corrected chi connectivity index (χ3v) is 3.88. The van der Waals surface area contributed by atoms with Crippen LogP contribution < -0.4 is 10.1 Å². The second kappa shape index (κ2) is 6.70. The van der Waals surface area contributed by atoms with Gasteiger partial charge in [-0.1, -0.05) is 30.3 Å². The molecule has 110 valence electrons. The third kappa shape index (κ3) is 3.60. The summed E-state index contributed by atoms with van der Waals surface area (Å²) in [5.41, 5.74) is 2.60. The molecule has 0 aliphatic carbocycles. The molecular formula is C17H21N3O. The van der Waals surface area contributed by atoms with Crippen molar-refractivity contribution in [3.05, 3.63) is 59.8 Å². The van der Waals surface area contributed by atoms with Crippen LogP contribution in [0.2, 0.25) is 0 Å². The van der Waals surface area contributed by atoms with Crippen molar-refractivity contribution in [2.75, 3.05) is 26.7 Å². The van der Waals surface area contributed by atoms with Crippen molar-refractivity contribution >= 4 is 0 Å². The van der Waals surface area contributed by atoms with Crippen LogP contribution in [0.1, 0.15) is 17.2 Å². The highest BCUT2D eigenvalue weighted by Gasteiger charge is 2.20. The Labute approximate surface area is 125 Å². The van der Waals surface area contributed by atoms with Gasteiger partial charge in [0.25, 0.3) is 0 Å². The molecule has 1 aromatic heterocycles. The number of piperazine rings is 1. The average Bonchev–Trinajstić information content (AvgIpc) is 2.56. The van der Waals surface area contributed by atoms with Gasteiger partial charge in [-0.15, -0.1) is 0 Å². The first-order valence-electron chi connectivity index (χ1n) is 7.35. The lowest BCUT2D eigenvalue weighted by atomic mass is 10.0. The molecule has 0 spiro atoms. The predicted octanol–water partition coefficient (Wildman–Crippen LogP) is 2.24. The fraction of sp³-hybridized carbons (Fsp3) is 0.353. The van der Waals surface area contributed by atoms with E-state index in [2.05, 4.69) is 51.6 Å². The van der Waals surface area contributed by atoms with Crippen LogP contribution in [0.15, 0.2) is 48.7 Å². The van der Waals surface area contributed by atoms with Crippen LogP contribution in [0.4, 0.5) is 0 Å². The first kappa shape index (κ1) is 14.0. The maximum absolute atomic E-state index is 5.19. The number of benzene rings is 1. The maximum atomic E-state index is 5.19. The summed E-state index contributed by atoms with van der Waals surface area (Å²) in [6.45, 7) is 4.04. The van der Waals surface area contributed by atoms with Gasteiger partial charge < -0.3 is 10.1 Å². The van der Waals surface area contributed by atoms with Gasteiger partial charge >= 0.3 is 0 Å². The largest absolute Gasteiger partial charge is 0.481 e. The van der Waals surface area contributed by atoms with E-state index in [1.165, 1.54) is 11.1 Å². The first-order chi connectivity index (χ1) is 10.3. The van der Waals surface area contributed by atoms with Crippen molar-refractivity contribution in [2.45, 2.75) is 12.6 Å². The minimum absolute atomic E-state index is 0.406. The van der Waals surface area contributed by atoms with Crippen molar-refractivity contribution < 1.29 is 4.74 Å². The molecule has 1 unspecified atom stereocenters. The van der Waals surface area contributed by atoms with Gasteiger partial charge in [-0.25, -0.2) is 4.98 Å². The molecule has 3 rings (SSSR count). The molecule has 1 saturated heterocycles. The molecule has 1 aliphatic rings. The summed E-state index contributed by atoms with van der Waals surface area (Å²) in [5, 5.41) is 3.59. The number of nitrogens with zero attached hydrogens (tertiary/aromatic N) is 2. The zero-order valence-electron chi connectivity index (χ0n) is 12.3. The van der Waals surface area contributed by atoms with Gasteiger partial charge in [0.2, 0.25) is 5.88 Å². The highest BCUT2D eigenvalue weighted by Crippen LogP contribution is 2.19. The summed E-state index contributed by atoms with van der Waals surface area (Å²) in [6.07, 6.45) is 1.81. The third-order valence-electron chi connectivity index (χ3n) is 3.88. The van der Waals surface area contributed by atoms with E-state index >= 15 is 0 Å². The summed E-state index contributed by atoms with van der Waals surface area (Å²) < 4.78 is 5.19. The highest BCUT2D eigenvalue weighted by atomic mass is 16.5. The number of ether oxygens (including phenoxy) is 1. The molecule has 0 amide bonds. The van der Waals surface area contributed by atoms with Gasteiger partial charge in [0.05, 0.1) is 7.11 Å². The van der Waals surface area contributed by atoms with Crippen LogP contribution in [0.3, 0.4) is 0 Å². The number of rotatable bonds is 4. The summed E-state index contributed by atoms with van der Waals surface area (Å²) in [7, 11) is 1.66. The van der Waals surface area contributed by atoms with Gasteiger partial charge in [-0.05, 0) is 17.2 Å². The number of nitrogens with one attached hydrogen (secondary N) is 1. The smallest absolute Gasteiger partial charge is 0.213 e. The van der Waals surface area contributed by atoms with Crippen molar-refractivity contribution in [3.63, 3.8) is 0 Å². The Morgan fingerprint density at radius 3 is 2.95 bits per heavy atom. The molecule has 0 saturated carbocycles. The Bertz CT molecular complexity index is 573. The zero-order chi connectivity index (χ0) is 14.5. The fourth-order valence-electron chi connectivity index (χ4n) is 2.78. The van der Waals surface area contributed by atoms with Crippen molar-refractivity contribution in [2.24, 2.45) is 0 Å². The van der Waals surface area contributed by atoms with E-state index in [0.717, 1.165) is 26.2 Å². The van der Waals surface area contributed by atoms with Gasteiger partial charge in [-0.2, -0.15) is 0 Å². The van der Waals surface area contributed by atoms with Crippen LogP contribution in [0.5, 0.6) is 5.88 Å². The molecule has 1 fully saturated rings. The Hall–Kier alpha value is -1.91. The molecule has 2 aromatic rings. The fourth-order valence-corrected chi connectivity index (χ4v) is 2.78. The summed E-state index contributed by atoms with van der Waals surface area (Å²) >= 11 is 0. The molecule has 1 atom stereocenters. The Morgan fingerprint density at radius 2 is 2.14 bits per heavy atom. The molecule has 2 heterocycles. The van der Waals surface area contributed by atoms with E-state index in [4.69, 9.17) is 4.74 Å². The first-order valence-corrected chi connectivity index (χ1v) is 7.35. The summed E-state index contributed by atoms with van der Waals surface area (Å²) in [5.74, 6) is 0.683. The second-order valence-corrected chi connectivity index (χ2v) is 5.36. The van der Waals surface area contributed by atoms with Gasteiger partial charge in [-0.3, -0.25) is 4.90 Å². The standard InChI is InChI=1S/C17H21N3O/c1-21-17-11-14(7-8-19-17)12-20-10-9-18-16(13-20)15-5-3-2-4-6-15/h2-8,11,16,18H,9-10,12-13H2,1H3. The Balaban J connectivity index is 1.66. The normalized spacial score (nSPS) is 19.4. The molecule has 4 heteroatoms. The van der Waals surface area contributed by atoms with E-state index in [1.807, 2.05) is 12.3 Å². The van der Waals surface area contributed by atoms with Crippen LogP contribution in [0, 0.1) is 0 Å². The maximum Gasteiger partial charge on any atom is 0.213 e. The lowest BCUT2D eigenvalue weighted by Gasteiger charge is -2.34. The Morgan fingerprint density at radius 1 is 1.29 bits per heavy atom. The van der Waals surface area contributed by atoms with Crippen LogP contribution in [-0.2, 0) is 6.54 Å². The van der Waals surface area contributed by atoms with E-state index in [0.29, 0.717) is 11.9 Å². The molecule has 1 N–H and O–H groups in total. The van der Waals surface area contributed by atoms with Gasteiger partial charge in [0, 0.05) is 44.5 Å². The number of methoxy groups -OCH3 is 1. The zero-order valence-corrected chi connectivity index (χ0v) is 12.3. The van der Waals surface area contributed by atoms with Crippen LogP contribution in [-0.4, -0.2) is 36.6 Å². The SMILES string of the molecule is COc1cc(CN2CCNC(c3ccccc3)C2)ccn1. The predicted molar refractivity (Wildman–Crippen MR) is 83.3 cm³/mol.